The molecular formula is C23H23N5O4S. The van der Waals surface area contributed by atoms with Gasteiger partial charge in [0.2, 0.25) is 10.0 Å². The Kier molecular flexibility index (Phi) is 7.37. The van der Waals surface area contributed by atoms with Crippen LogP contribution in [0, 0.1) is 18.3 Å². The molecule has 2 N–H and O–H groups in total. The summed E-state index contributed by atoms with van der Waals surface area (Å²) in [5.74, 6) is 0.0176. The van der Waals surface area contributed by atoms with Crippen molar-refractivity contribution in [3.8, 4) is 6.07 Å². The third-order valence-corrected chi connectivity index (χ3v) is 6.25. The van der Waals surface area contributed by atoms with Crippen LogP contribution in [0.25, 0.3) is 0 Å². The zero-order valence-corrected chi connectivity index (χ0v) is 19.0. The molecule has 33 heavy (non-hydrogen) atoms. The number of amides is 1. The molecule has 3 aromatic rings. The van der Waals surface area contributed by atoms with Crippen LogP contribution in [0.15, 0.2) is 59.5 Å². The third kappa shape index (κ3) is 6.12. The quantitative estimate of drug-likeness (QED) is 0.467. The minimum atomic E-state index is -3.75. The lowest BCUT2D eigenvalue weighted by atomic mass is 10.1. The van der Waals surface area contributed by atoms with E-state index in [-0.39, 0.29) is 29.6 Å². The second kappa shape index (κ2) is 10.2. The Morgan fingerprint density at radius 1 is 1.06 bits per heavy atom. The molecule has 2 aromatic carbocycles. The second-order valence-electron chi connectivity index (χ2n) is 7.36. The number of benzene rings is 2. The van der Waals surface area contributed by atoms with E-state index in [4.69, 9.17) is 5.26 Å². The summed E-state index contributed by atoms with van der Waals surface area (Å²) in [6.07, 6.45) is 0.273. The van der Waals surface area contributed by atoms with Crippen molar-refractivity contribution in [2.24, 2.45) is 0 Å². The van der Waals surface area contributed by atoms with Crippen molar-refractivity contribution in [1.29, 1.82) is 5.26 Å². The van der Waals surface area contributed by atoms with Gasteiger partial charge in [-0.2, -0.15) is 10.4 Å². The SMILES string of the molecule is CC(=O)c1ccc(S(=O)(=O)NCc2ccc(C(=O)Nc3cc(C)nn3CCC#N)cc2)cc1. The molecule has 1 aromatic heterocycles. The summed E-state index contributed by atoms with van der Waals surface area (Å²) in [4.78, 5) is 24.0. The monoisotopic (exact) mass is 465 g/mol. The molecule has 10 heteroatoms. The lowest BCUT2D eigenvalue weighted by Crippen LogP contribution is -2.23. The summed E-state index contributed by atoms with van der Waals surface area (Å²) in [5, 5.41) is 15.8. The van der Waals surface area contributed by atoms with Crippen LogP contribution in [-0.2, 0) is 23.1 Å². The number of rotatable bonds is 9. The van der Waals surface area contributed by atoms with Gasteiger partial charge in [0.25, 0.3) is 5.91 Å². The molecule has 0 bridgehead atoms. The van der Waals surface area contributed by atoms with E-state index in [9.17, 15) is 18.0 Å². The van der Waals surface area contributed by atoms with E-state index < -0.39 is 10.0 Å². The van der Waals surface area contributed by atoms with E-state index in [0.29, 0.717) is 29.1 Å². The first-order valence-corrected chi connectivity index (χ1v) is 11.6. The highest BCUT2D eigenvalue weighted by molar-refractivity contribution is 7.89. The van der Waals surface area contributed by atoms with E-state index in [0.717, 1.165) is 5.69 Å². The van der Waals surface area contributed by atoms with Crippen molar-refractivity contribution < 1.29 is 18.0 Å². The molecule has 0 saturated carbocycles. The molecule has 0 fully saturated rings. The number of carbonyl (C=O) groups excluding carboxylic acids is 2. The zero-order chi connectivity index (χ0) is 24.0. The van der Waals surface area contributed by atoms with E-state index in [1.165, 1.54) is 31.2 Å². The van der Waals surface area contributed by atoms with Crippen LogP contribution in [0.2, 0.25) is 0 Å². The normalized spacial score (nSPS) is 11.1. The van der Waals surface area contributed by atoms with Gasteiger partial charge in [-0.25, -0.2) is 17.8 Å². The topological polar surface area (TPSA) is 134 Å². The number of aromatic nitrogens is 2. The molecule has 0 unspecified atom stereocenters. The minimum Gasteiger partial charge on any atom is -0.307 e. The Morgan fingerprint density at radius 2 is 1.70 bits per heavy atom. The summed E-state index contributed by atoms with van der Waals surface area (Å²) in [5.41, 5.74) is 2.23. The van der Waals surface area contributed by atoms with Crippen LogP contribution < -0.4 is 10.0 Å². The predicted octanol–water partition coefficient (Wildman–Crippen LogP) is 3.04. The van der Waals surface area contributed by atoms with Gasteiger partial charge in [-0.05, 0) is 43.7 Å². The zero-order valence-electron chi connectivity index (χ0n) is 18.2. The van der Waals surface area contributed by atoms with Crippen molar-refractivity contribution in [1.82, 2.24) is 14.5 Å². The van der Waals surface area contributed by atoms with E-state index in [1.54, 1.807) is 41.9 Å². The highest BCUT2D eigenvalue weighted by atomic mass is 32.2. The van der Waals surface area contributed by atoms with Gasteiger partial charge < -0.3 is 5.32 Å². The molecule has 0 saturated heterocycles. The molecule has 9 nitrogen and oxygen atoms in total. The maximum atomic E-state index is 12.6. The summed E-state index contributed by atoms with van der Waals surface area (Å²) < 4.78 is 29.1. The Balaban J connectivity index is 1.63. The molecule has 170 valence electrons. The van der Waals surface area contributed by atoms with Crippen molar-refractivity contribution in [2.45, 2.75) is 38.3 Å². The number of aryl methyl sites for hydroxylation is 2. The van der Waals surface area contributed by atoms with Crippen LogP contribution in [0.4, 0.5) is 5.82 Å². The van der Waals surface area contributed by atoms with Crippen LogP contribution in [0.1, 0.15) is 45.3 Å². The average molecular weight is 466 g/mol. The molecule has 0 aliphatic heterocycles. The number of anilines is 1. The number of hydrogen-bond donors (Lipinski definition) is 2. The lowest BCUT2D eigenvalue weighted by molar-refractivity contribution is 0.101. The van der Waals surface area contributed by atoms with E-state index >= 15 is 0 Å². The lowest BCUT2D eigenvalue weighted by Gasteiger charge is -2.09. The summed E-state index contributed by atoms with van der Waals surface area (Å²) in [6.45, 7) is 3.62. The molecule has 0 radical (unpaired) electrons. The number of nitrogens with one attached hydrogen (secondary N) is 2. The van der Waals surface area contributed by atoms with Crippen molar-refractivity contribution in [3.05, 3.63) is 77.0 Å². The first-order chi connectivity index (χ1) is 15.7. The van der Waals surface area contributed by atoms with Crippen molar-refractivity contribution in [3.63, 3.8) is 0 Å². The second-order valence-corrected chi connectivity index (χ2v) is 9.13. The third-order valence-electron chi connectivity index (χ3n) is 4.83. The summed E-state index contributed by atoms with van der Waals surface area (Å²) in [6, 6.07) is 16.0. The molecule has 1 amide bonds. The van der Waals surface area contributed by atoms with Gasteiger partial charge in [0, 0.05) is 23.7 Å². The predicted molar refractivity (Wildman–Crippen MR) is 122 cm³/mol. The fourth-order valence-corrected chi connectivity index (χ4v) is 4.08. The van der Waals surface area contributed by atoms with Gasteiger partial charge in [0.05, 0.1) is 29.6 Å². The Labute approximate surface area is 192 Å². The highest BCUT2D eigenvalue weighted by Crippen LogP contribution is 2.15. The Morgan fingerprint density at radius 3 is 2.30 bits per heavy atom. The summed E-state index contributed by atoms with van der Waals surface area (Å²) >= 11 is 0. The van der Waals surface area contributed by atoms with Crippen molar-refractivity contribution >= 4 is 27.5 Å². The first kappa shape index (κ1) is 23.8. The number of nitriles is 1. The number of carbonyl (C=O) groups is 2. The average Bonchev–Trinajstić information content (AvgIpc) is 3.15. The maximum absolute atomic E-state index is 12.6. The number of sulfonamides is 1. The van der Waals surface area contributed by atoms with Crippen molar-refractivity contribution in [2.75, 3.05) is 5.32 Å². The fraction of sp³-hybridized carbons (Fsp3) is 0.217. The number of Topliss-reactive ketones (excluding diaryl/α,β-unsaturated/α-hetero) is 1. The molecular weight excluding hydrogens is 442 g/mol. The first-order valence-electron chi connectivity index (χ1n) is 10.1. The van der Waals surface area contributed by atoms with E-state index in [2.05, 4.69) is 15.1 Å². The van der Waals surface area contributed by atoms with Crippen LogP contribution in [-0.4, -0.2) is 29.9 Å². The van der Waals surface area contributed by atoms with Gasteiger partial charge in [0.1, 0.15) is 5.82 Å². The smallest absolute Gasteiger partial charge is 0.256 e. The fourth-order valence-electron chi connectivity index (χ4n) is 3.07. The van der Waals surface area contributed by atoms with E-state index in [1.807, 2.05) is 6.07 Å². The molecule has 3 rings (SSSR count). The van der Waals surface area contributed by atoms with Crippen LogP contribution in [0.3, 0.4) is 0 Å². The molecule has 0 aliphatic rings. The Bertz CT molecular complexity index is 1300. The Hall–Kier alpha value is -3.81. The molecule has 0 spiro atoms. The largest absolute Gasteiger partial charge is 0.307 e. The molecule has 0 aliphatic carbocycles. The maximum Gasteiger partial charge on any atom is 0.256 e. The minimum absolute atomic E-state index is 0.0405. The molecule has 0 atom stereocenters. The van der Waals surface area contributed by atoms with Crippen LogP contribution >= 0.6 is 0 Å². The summed E-state index contributed by atoms with van der Waals surface area (Å²) in [7, 11) is -3.75. The van der Waals surface area contributed by atoms with Gasteiger partial charge in [-0.1, -0.05) is 24.3 Å². The number of hydrogen-bond acceptors (Lipinski definition) is 6. The van der Waals surface area contributed by atoms with Gasteiger partial charge in [-0.3, -0.25) is 9.59 Å². The van der Waals surface area contributed by atoms with Gasteiger partial charge >= 0.3 is 0 Å². The highest BCUT2D eigenvalue weighted by Gasteiger charge is 2.15. The molecule has 1 heterocycles. The standard InChI is InChI=1S/C23H23N5O4S/c1-16-14-22(28(27-16)13-3-12-24)26-23(30)20-6-4-18(5-7-20)15-25-33(31,32)21-10-8-19(9-11-21)17(2)29/h4-11,14,25H,3,13,15H2,1-2H3,(H,26,30). The number of ketones is 1. The van der Waals surface area contributed by atoms with Gasteiger partial charge in [0.15, 0.2) is 5.78 Å². The van der Waals surface area contributed by atoms with Crippen LogP contribution in [0.5, 0.6) is 0 Å². The number of nitrogens with zero attached hydrogens (tertiary/aromatic N) is 3. The van der Waals surface area contributed by atoms with Gasteiger partial charge in [-0.15, -0.1) is 0 Å².